The summed E-state index contributed by atoms with van der Waals surface area (Å²) in [6, 6.07) is 3.73. The van der Waals surface area contributed by atoms with Gasteiger partial charge in [-0.25, -0.2) is 0 Å². The van der Waals surface area contributed by atoms with E-state index in [1.807, 2.05) is 6.92 Å². The summed E-state index contributed by atoms with van der Waals surface area (Å²) in [5.74, 6) is -0.00105. The minimum Gasteiger partial charge on any atom is -0.496 e. The van der Waals surface area contributed by atoms with Gasteiger partial charge in [0.1, 0.15) is 22.7 Å². The van der Waals surface area contributed by atoms with Crippen molar-refractivity contribution in [2.45, 2.75) is 18.7 Å². The van der Waals surface area contributed by atoms with Gasteiger partial charge >= 0.3 is 6.18 Å². The van der Waals surface area contributed by atoms with Crippen LogP contribution in [0.4, 0.5) is 13.2 Å². The third-order valence-corrected chi connectivity index (χ3v) is 2.84. The number of ether oxygens (including phenoxy) is 2. The molecule has 0 unspecified atom stereocenters. The first-order valence-electron chi connectivity index (χ1n) is 5.49. The molecule has 1 saturated heterocycles. The predicted octanol–water partition coefficient (Wildman–Crippen LogP) is 2.45. The normalized spacial score (nSPS) is 18.1. The molecule has 3 nitrogen and oxygen atoms in total. The molecular weight excluding hydrogens is 247 g/mol. The molecule has 100 valence electrons. The van der Waals surface area contributed by atoms with Gasteiger partial charge < -0.3 is 14.8 Å². The highest BCUT2D eigenvalue weighted by Gasteiger charge is 2.37. The average Bonchev–Trinajstić information content (AvgIpc) is 2.26. The highest BCUT2D eigenvalue weighted by Crippen LogP contribution is 2.39. The van der Waals surface area contributed by atoms with Gasteiger partial charge in [-0.15, -0.1) is 0 Å². The van der Waals surface area contributed by atoms with Crippen molar-refractivity contribution in [1.29, 1.82) is 0 Å². The molecule has 1 aromatic carbocycles. The van der Waals surface area contributed by atoms with E-state index in [1.165, 1.54) is 19.2 Å². The molecule has 1 aliphatic rings. The number of halogens is 3. The Hall–Kier alpha value is -1.43. The van der Waals surface area contributed by atoms with Crippen LogP contribution in [0.3, 0.4) is 0 Å². The number of rotatable bonds is 3. The molecule has 1 heterocycles. The smallest absolute Gasteiger partial charge is 0.420 e. The number of hydrogen-bond donors (Lipinski definition) is 1. The van der Waals surface area contributed by atoms with E-state index in [1.54, 1.807) is 0 Å². The van der Waals surface area contributed by atoms with E-state index in [9.17, 15) is 13.2 Å². The summed E-state index contributed by atoms with van der Waals surface area (Å²) in [6.07, 6.45) is -4.45. The molecule has 2 rings (SSSR count). The molecule has 1 aliphatic heterocycles. The molecule has 0 aromatic heterocycles. The van der Waals surface area contributed by atoms with Crippen LogP contribution in [-0.2, 0) is 6.18 Å². The van der Waals surface area contributed by atoms with Gasteiger partial charge in [0, 0.05) is 13.1 Å². The lowest BCUT2D eigenvalue weighted by Crippen LogP contribution is -2.61. The van der Waals surface area contributed by atoms with Crippen LogP contribution in [0, 0.1) is 0 Å². The Morgan fingerprint density at radius 3 is 2.39 bits per heavy atom. The van der Waals surface area contributed by atoms with E-state index in [4.69, 9.17) is 9.47 Å². The number of nitrogens with one attached hydrogen (secondary N) is 1. The lowest BCUT2D eigenvalue weighted by atomic mass is 10.00. The molecule has 6 heteroatoms. The minimum absolute atomic E-state index is 0.201. The highest BCUT2D eigenvalue weighted by molar-refractivity contribution is 5.42. The summed E-state index contributed by atoms with van der Waals surface area (Å²) in [4.78, 5) is 0. The number of benzene rings is 1. The maximum Gasteiger partial charge on any atom is 0.420 e. The molecule has 1 fully saturated rings. The van der Waals surface area contributed by atoms with Gasteiger partial charge in [0.05, 0.1) is 7.11 Å². The summed E-state index contributed by atoms with van der Waals surface area (Å²) in [5.41, 5.74) is -1.25. The zero-order valence-corrected chi connectivity index (χ0v) is 10.1. The minimum atomic E-state index is -4.45. The lowest BCUT2D eigenvalue weighted by molar-refractivity contribution is -0.139. The molecule has 0 aliphatic carbocycles. The topological polar surface area (TPSA) is 30.5 Å². The van der Waals surface area contributed by atoms with E-state index in [0.717, 1.165) is 6.07 Å². The number of hydrogen-bond acceptors (Lipinski definition) is 3. The van der Waals surface area contributed by atoms with E-state index in [2.05, 4.69) is 5.32 Å². The second kappa shape index (κ2) is 4.35. The lowest BCUT2D eigenvalue weighted by Gasteiger charge is -2.39. The van der Waals surface area contributed by atoms with Crippen LogP contribution in [0.1, 0.15) is 12.5 Å². The fourth-order valence-electron chi connectivity index (χ4n) is 1.81. The van der Waals surface area contributed by atoms with Crippen molar-refractivity contribution in [3.05, 3.63) is 23.8 Å². The molecule has 0 atom stereocenters. The highest BCUT2D eigenvalue weighted by atomic mass is 19.4. The van der Waals surface area contributed by atoms with E-state index < -0.39 is 17.3 Å². The largest absolute Gasteiger partial charge is 0.496 e. The summed E-state index contributed by atoms with van der Waals surface area (Å²) >= 11 is 0. The van der Waals surface area contributed by atoms with Crippen molar-refractivity contribution in [3.63, 3.8) is 0 Å². The van der Waals surface area contributed by atoms with Gasteiger partial charge in [-0.2, -0.15) is 13.2 Å². The van der Waals surface area contributed by atoms with Crippen molar-refractivity contribution in [3.8, 4) is 11.5 Å². The quantitative estimate of drug-likeness (QED) is 0.906. The zero-order chi connectivity index (χ0) is 13.4. The third kappa shape index (κ3) is 2.53. The Labute approximate surface area is 103 Å². The van der Waals surface area contributed by atoms with Crippen molar-refractivity contribution in [1.82, 2.24) is 5.32 Å². The first-order valence-corrected chi connectivity index (χ1v) is 5.49. The van der Waals surface area contributed by atoms with Crippen molar-refractivity contribution < 1.29 is 22.6 Å². The second-order valence-electron chi connectivity index (χ2n) is 4.52. The van der Waals surface area contributed by atoms with E-state index in [-0.39, 0.29) is 11.5 Å². The maximum atomic E-state index is 12.8. The van der Waals surface area contributed by atoms with Gasteiger partial charge in [0.15, 0.2) is 0 Å². The molecule has 0 amide bonds. The molecule has 1 N–H and O–H groups in total. The Morgan fingerprint density at radius 2 is 1.94 bits per heavy atom. The summed E-state index contributed by atoms with van der Waals surface area (Å²) in [7, 11) is 1.21. The van der Waals surface area contributed by atoms with E-state index in [0.29, 0.717) is 13.1 Å². The van der Waals surface area contributed by atoms with Crippen molar-refractivity contribution >= 4 is 0 Å². The van der Waals surface area contributed by atoms with Crippen LogP contribution in [0.25, 0.3) is 0 Å². The Morgan fingerprint density at radius 1 is 1.28 bits per heavy atom. The first kappa shape index (κ1) is 13.0. The summed E-state index contributed by atoms with van der Waals surface area (Å²) in [5, 5.41) is 3.02. The average molecular weight is 261 g/mol. The maximum absolute atomic E-state index is 12.8. The first-order chi connectivity index (χ1) is 8.34. The SMILES string of the molecule is COc1ccc(OC2(C)CNC2)cc1C(F)(F)F. The fourth-order valence-corrected chi connectivity index (χ4v) is 1.81. The molecular formula is C12H14F3NO2. The molecule has 0 bridgehead atoms. The molecule has 18 heavy (non-hydrogen) atoms. The van der Waals surface area contributed by atoms with Crippen LogP contribution in [0.15, 0.2) is 18.2 Å². The second-order valence-corrected chi connectivity index (χ2v) is 4.52. The Bertz CT molecular complexity index is 441. The van der Waals surface area contributed by atoms with Crippen LogP contribution < -0.4 is 14.8 Å². The number of alkyl halides is 3. The Balaban J connectivity index is 2.28. The predicted molar refractivity (Wildman–Crippen MR) is 59.9 cm³/mol. The molecule has 0 radical (unpaired) electrons. The van der Waals surface area contributed by atoms with Gasteiger partial charge in [0.25, 0.3) is 0 Å². The zero-order valence-electron chi connectivity index (χ0n) is 10.1. The molecule has 0 spiro atoms. The standard InChI is InChI=1S/C12H14F3NO2/c1-11(6-16-7-11)18-8-3-4-10(17-2)9(5-8)12(13,14)15/h3-5,16H,6-7H2,1-2H3. The summed E-state index contributed by atoms with van der Waals surface area (Å²) in [6.45, 7) is 3.10. The van der Waals surface area contributed by atoms with Crippen LogP contribution in [-0.4, -0.2) is 25.8 Å². The molecule has 1 aromatic rings. The fraction of sp³-hybridized carbons (Fsp3) is 0.500. The van der Waals surface area contributed by atoms with Gasteiger partial charge in [-0.3, -0.25) is 0 Å². The van der Waals surface area contributed by atoms with Crippen molar-refractivity contribution in [2.75, 3.05) is 20.2 Å². The monoisotopic (exact) mass is 261 g/mol. The van der Waals surface area contributed by atoms with Crippen LogP contribution >= 0.6 is 0 Å². The van der Waals surface area contributed by atoms with E-state index >= 15 is 0 Å². The number of methoxy groups -OCH3 is 1. The van der Waals surface area contributed by atoms with Crippen LogP contribution in [0.5, 0.6) is 11.5 Å². The molecule has 0 saturated carbocycles. The van der Waals surface area contributed by atoms with Gasteiger partial charge in [0.2, 0.25) is 0 Å². The van der Waals surface area contributed by atoms with Crippen LogP contribution in [0.2, 0.25) is 0 Å². The summed E-state index contributed by atoms with van der Waals surface area (Å²) < 4.78 is 48.7. The van der Waals surface area contributed by atoms with Crippen molar-refractivity contribution in [2.24, 2.45) is 0 Å². The Kier molecular flexibility index (Phi) is 3.14. The van der Waals surface area contributed by atoms with Gasteiger partial charge in [-0.05, 0) is 25.1 Å². The third-order valence-electron chi connectivity index (χ3n) is 2.84. The van der Waals surface area contributed by atoms with Gasteiger partial charge in [-0.1, -0.05) is 0 Å².